The predicted octanol–water partition coefficient (Wildman–Crippen LogP) is 2.84. The standard InChI is InChI=1S/C16H22N2O2/c1-11-10-12(6-4-5-9-17)15-13(19-2)7-8-14(20-3)16(15)18-11/h7-8,10H,4-6,9,17H2,1-3H3. The average molecular weight is 274 g/mol. The molecule has 1 heterocycles. The predicted molar refractivity (Wildman–Crippen MR) is 81.6 cm³/mol. The van der Waals surface area contributed by atoms with Gasteiger partial charge in [-0.2, -0.15) is 0 Å². The molecule has 4 heteroatoms. The fourth-order valence-electron chi connectivity index (χ4n) is 2.50. The van der Waals surface area contributed by atoms with Gasteiger partial charge in [-0.1, -0.05) is 0 Å². The van der Waals surface area contributed by atoms with Crippen LogP contribution >= 0.6 is 0 Å². The van der Waals surface area contributed by atoms with E-state index in [1.165, 1.54) is 5.56 Å². The first-order chi connectivity index (χ1) is 9.71. The van der Waals surface area contributed by atoms with Crippen LogP contribution < -0.4 is 15.2 Å². The van der Waals surface area contributed by atoms with E-state index in [4.69, 9.17) is 15.2 Å². The number of fused-ring (bicyclic) bond motifs is 1. The summed E-state index contributed by atoms with van der Waals surface area (Å²) >= 11 is 0. The molecule has 2 N–H and O–H groups in total. The van der Waals surface area contributed by atoms with Crippen molar-refractivity contribution in [2.45, 2.75) is 26.2 Å². The molecule has 2 aromatic rings. The topological polar surface area (TPSA) is 57.4 Å². The zero-order valence-corrected chi connectivity index (χ0v) is 12.4. The van der Waals surface area contributed by atoms with E-state index in [1.54, 1.807) is 14.2 Å². The highest BCUT2D eigenvalue weighted by molar-refractivity contribution is 5.93. The molecule has 0 bridgehead atoms. The van der Waals surface area contributed by atoms with Gasteiger partial charge in [0.25, 0.3) is 0 Å². The van der Waals surface area contributed by atoms with E-state index in [1.807, 2.05) is 19.1 Å². The van der Waals surface area contributed by atoms with Crippen LogP contribution in [0.5, 0.6) is 11.5 Å². The van der Waals surface area contributed by atoms with Crippen molar-refractivity contribution in [2.75, 3.05) is 20.8 Å². The number of hydrogen-bond donors (Lipinski definition) is 1. The lowest BCUT2D eigenvalue weighted by atomic mass is 10.0. The molecule has 108 valence electrons. The Morgan fingerprint density at radius 1 is 1.10 bits per heavy atom. The molecule has 0 fully saturated rings. The third-order valence-electron chi connectivity index (χ3n) is 3.44. The lowest BCUT2D eigenvalue weighted by Crippen LogP contribution is -2.01. The Labute approximate surface area is 119 Å². The highest BCUT2D eigenvalue weighted by Gasteiger charge is 2.13. The average Bonchev–Trinajstić information content (AvgIpc) is 2.46. The number of nitrogens with two attached hydrogens (primary N) is 1. The summed E-state index contributed by atoms with van der Waals surface area (Å²) in [7, 11) is 3.35. The number of aryl methyl sites for hydroxylation is 2. The number of aromatic nitrogens is 1. The molecule has 0 atom stereocenters. The maximum absolute atomic E-state index is 5.58. The van der Waals surface area contributed by atoms with Gasteiger partial charge in [-0.3, -0.25) is 0 Å². The van der Waals surface area contributed by atoms with Crippen molar-refractivity contribution >= 4 is 10.9 Å². The van der Waals surface area contributed by atoms with Crippen molar-refractivity contribution < 1.29 is 9.47 Å². The molecule has 0 radical (unpaired) electrons. The molecule has 1 aromatic heterocycles. The Kier molecular flexibility index (Phi) is 4.79. The first-order valence-electron chi connectivity index (χ1n) is 6.92. The smallest absolute Gasteiger partial charge is 0.145 e. The molecule has 0 aliphatic carbocycles. The van der Waals surface area contributed by atoms with Crippen LogP contribution in [0, 0.1) is 6.92 Å². The summed E-state index contributed by atoms with van der Waals surface area (Å²) in [6, 6.07) is 5.96. The van der Waals surface area contributed by atoms with Crippen LogP contribution in [-0.2, 0) is 6.42 Å². The second-order valence-corrected chi connectivity index (χ2v) is 4.86. The van der Waals surface area contributed by atoms with Crippen LogP contribution in [0.3, 0.4) is 0 Å². The van der Waals surface area contributed by atoms with Gasteiger partial charge in [-0.15, -0.1) is 0 Å². The number of pyridine rings is 1. The molecule has 0 saturated carbocycles. The van der Waals surface area contributed by atoms with Gasteiger partial charge in [0.2, 0.25) is 0 Å². The summed E-state index contributed by atoms with van der Waals surface area (Å²) in [6.45, 7) is 2.73. The normalized spacial score (nSPS) is 10.8. The van der Waals surface area contributed by atoms with Gasteiger partial charge in [0.1, 0.15) is 17.0 Å². The van der Waals surface area contributed by atoms with E-state index >= 15 is 0 Å². The van der Waals surface area contributed by atoms with E-state index in [2.05, 4.69) is 11.1 Å². The Morgan fingerprint density at radius 2 is 1.80 bits per heavy atom. The summed E-state index contributed by atoms with van der Waals surface area (Å²) in [5, 5.41) is 1.05. The summed E-state index contributed by atoms with van der Waals surface area (Å²) in [5.74, 6) is 1.63. The van der Waals surface area contributed by atoms with Crippen molar-refractivity contribution in [3.63, 3.8) is 0 Å². The molecule has 0 aliphatic heterocycles. The highest BCUT2D eigenvalue weighted by atomic mass is 16.5. The summed E-state index contributed by atoms with van der Waals surface area (Å²) in [6.07, 6.45) is 3.06. The zero-order valence-electron chi connectivity index (χ0n) is 12.4. The molecule has 4 nitrogen and oxygen atoms in total. The molecule has 20 heavy (non-hydrogen) atoms. The summed E-state index contributed by atoms with van der Waals surface area (Å²) < 4.78 is 10.9. The second kappa shape index (κ2) is 6.57. The zero-order chi connectivity index (χ0) is 14.5. The maximum Gasteiger partial charge on any atom is 0.145 e. The minimum absolute atomic E-state index is 0.725. The Hall–Kier alpha value is -1.81. The van der Waals surface area contributed by atoms with Crippen molar-refractivity contribution in [2.24, 2.45) is 5.73 Å². The molecule has 1 aromatic carbocycles. The van der Waals surface area contributed by atoms with E-state index in [9.17, 15) is 0 Å². The lowest BCUT2D eigenvalue weighted by molar-refractivity contribution is 0.409. The minimum Gasteiger partial charge on any atom is -0.496 e. The van der Waals surface area contributed by atoms with E-state index in [0.717, 1.165) is 53.9 Å². The third kappa shape index (κ3) is 2.85. The number of nitrogens with zero attached hydrogens (tertiary/aromatic N) is 1. The van der Waals surface area contributed by atoms with Crippen LogP contribution in [0.15, 0.2) is 18.2 Å². The third-order valence-corrected chi connectivity index (χ3v) is 3.44. The highest BCUT2D eigenvalue weighted by Crippen LogP contribution is 2.35. The molecular formula is C16H22N2O2. The van der Waals surface area contributed by atoms with E-state index < -0.39 is 0 Å². The minimum atomic E-state index is 0.725. The molecular weight excluding hydrogens is 252 g/mol. The lowest BCUT2D eigenvalue weighted by Gasteiger charge is -2.14. The molecule has 0 aliphatic rings. The number of benzene rings is 1. The van der Waals surface area contributed by atoms with Crippen LogP contribution in [-0.4, -0.2) is 25.7 Å². The molecule has 0 saturated heterocycles. The number of hydrogen-bond acceptors (Lipinski definition) is 4. The van der Waals surface area contributed by atoms with E-state index in [0.29, 0.717) is 0 Å². The van der Waals surface area contributed by atoms with Crippen LogP contribution in [0.25, 0.3) is 10.9 Å². The van der Waals surface area contributed by atoms with Crippen LogP contribution in [0.2, 0.25) is 0 Å². The van der Waals surface area contributed by atoms with Crippen molar-refractivity contribution in [3.05, 3.63) is 29.5 Å². The Balaban J connectivity index is 2.59. The molecule has 0 unspecified atom stereocenters. The quantitative estimate of drug-likeness (QED) is 0.823. The Morgan fingerprint density at radius 3 is 2.45 bits per heavy atom. The fraction of sp³-hybridized carbons (Fsp3) is 0.438. The summed E-state index contributed by atoms with van der Waals surface area (Å²) in [4.78, 5) is 4.61. The number of methoxy groups -OCH3 is 2. The van der Waals surface area contributed by atoms with E-state index in [-0.39, 0.29) is 0 Å². The summed E-state index contributed by atoms with van der Waals surface area (Å²) in [5.41, 5.74) is 8.69. The number of unbranched alkanes of at least 4 members (excludes halogenated alkanes) is 1. The second-order valence-electron chi connectivity index (χ2n) is 4.86. The SMILES string of the molecule is COc1ccc(OC)c2c(CCCCN)cc(C)nc12. The van der Waals surface area contributed by atoms with Crippen molar-refractivity contribution in [3.8, 4) is 11.5 Å². The van der Waals surface area contributed by atoms with Crippen molar-refractivity contribution in [1.29, 1.82) is 0 Å². The fourth-order valence-corrected chi connectivity index (χ4v) is 2.50. The van der Waals surface area contributed by atoms with Crippen LogP contribution in [0.4, 0.5) is 0 Å². The first kappa shape index (κ1) is 14.6. The van der Waals surface area contributed by atoms with Gasteiger partial charge in [0, 0.05) is 11.1 Å². The monoisotopic (exact) mass is 274 g/mol. The molecule has 0 spiro atoms. The van der Waals surface area contributed by atoms with Gasteiger partial charge >= 0.3 is 0 Å². The van der Waals surface area contributed by atoms with Gasteiger partial charge in [-0.25, -0.2) is 4.98 Å². The Bertz CT molecular complexity index is 597. The maximum atomic E-state index is 5.58. The number of rotatable bonds is 6. The largest absolute Gasteiger partial charge is 0.496 e. The number of ether oxygens (including phenoxy) is 2. The van der Waals surface area contributed by atoms with Gasteiger partial charge in [0.15, 0.2) is 0 Å². The van der Waals surface area contributed by atoms with Gasteiger partial charge < -0.3 is 15.2 Å². The van der Waals surface area contributed by atoms with Crippen molar-refractivity contribution in [1.82, 2.24) is 4.98 Å². The van der Waals surface area contributed by atoms with Crippen LogP contribution in [0.1, 0.15) is 24.1 Å². The van der Waals surface area contributed by atoms with Gasteiger partial charge in [-0.05, 0) is 56.5 Å². The van der Waals surface area contributed by atoms with Gasteiger partial charge in [0.05, 0.1) is 14.2 Å². The molecule has 0 amide bonds. The first-order valence-corrected chi connectivity index (χ1v) is 6.92. The molecule has 2 rings (SSSR count).